The SMILES string of the molecule is CC1(NC(=O)NCCc2cccc(C(=O)O)c2)CCCC1. The first-order chi connectivity index (χ1) is 9.98. The van der Waals surface area contributed by atoms with Gasteiger partial charge >= 0.3 is 12.0 Å². The van der Waals surface area contributed by atoms with E-state index in [1.54, 1.807) is 18.2 Å². The molecule has 0 heterocycles. The van der Waals surface area contributed by atoms with Gasteiger partial charge in [0.2, 0.25) is 0 Å². The molecule has 2 amide bonds. The van der Waals surface area contributed by atoms with Crippen LogP contribution >= 0.6 is 0 Å². The predicted octanol–water partition coefficient (Wildman–Crippen LogP) is 2.56. The van der Waals surface area contributed by atoms with E-state index in [9.17, 15) is 9.59 Å². The number of rotatable bonds is 5. The number of nitrogens with one attached hydrogen (secondary N) is 2. The Balaban J connectivity index is 1.77. The van der Waals surface area contributed by atoms with Crippen LogP contribution in [0.1, 0.15) is 48.5 Å². The highest BCUT2D eigenvalue weighted by molar-refractivity contribution is 5.87. The number of carbonyl (C=O) groups is 2. The number of carboxylic acids is 1. The molecule has 1 saturated carbocycles. The minimum absolute atomic E-state index is 0.0761. The molecule has 5 heteroatoms. The van der Waals surface area contributed by atoms with Crippen LogP contribution in [0.2, 0.25) is 0 Å². The standard InChI is InChI=1S/C16H22N2O3/c1-16(8-2-3-9-16)18-15(21)17-10-7-12-5-4-6-13(11-12)14(19)20/h4-6,11H,2-3,7-10H2,1H3,(H,19,20)(H2,17,18,21). The maximum atomic E-state index is 11.9. The Morgan fingerprint density at radius 1 is 1.29 bits per heavy atom. The number of carboxylic acid groups (broad SMARTS) is 1. The van der Waals surface area contributed by atoms with Crippen molar-refractivity contribution in [1.82, 2.24) is 10.6 Å². The summed E-state index contributed by atoms with van der Waals surface area (Å²) in [6.45, 7) is 2.57. The van der Waals surface area contributed by atoms with Gasteiger partial charge in [0.15, 0.2) is 0 Å². The first-order valence-corrected chi connectivity index (χ1v) is 7.37. The molecule has 0 unspecified atom stereocenters. The minimum atomic E-state index is -0.934. The molecule has 0 aromatic heterocycles. The molecule has 21 heavy (non-hydrogen) atoms. The Bertz CT molecular complexity index is 522. The van der Waals surface area contributed by atoms with Crippen LogP contribution in [0.3, 0.4) is 0 Å². The van der Waals surface area contributed by atoms with Gasteiger partial charge in [0.1, 0.15) is 0 Å². The topological polar surface area (TPSA) is 78.4 Å². The summed E-state index contributed by atoms with van der Waals surface area (Å²) in [7, 11) is 0. The quantitative estimate of drug-likeness (QED) is 0.780. The molecule has 1 aromatic carbocycles. The molecule has 0 radical (unpaired) electrons. The molecule has 0 spiro atoms. The van der Waals surface area contributed by atoms with Crippen LogP contribution in [-0.4, -0.2) is 29.2 Å². The van der Waals surface area contributed by atoms with E-state index >= 15 is 0 Å². The molecule has 1 aromatic rings. The second kappa shape index (κ2) is 6.61. The summed E-state index contributed by atoms with van der Waals surface area (Å²) in [5.74, 6) is -0.934. The van der Waals surface area contributed by atoms with Gasteiger partial charge in [0.05, 0.1) is 5.56 Å². The summed E-state index contributed by atoms with van der Waals surface area (Å²) in [6, 6.07) is 6.64. The summed E-state index contributed by atoms with van der Waals surface area (Å²) >= 11 is 0. The van der Waals surface area contributed by atoms with Crippen LogP contribution in [0.25, 0.3) is 0 Å². The largest absolute Gasteiger partial charge is 0.478 e. The molecule has 3 N–H and O–H groups in total. The van der Waals surface area contributed by atoms with Gasteiger partial charge in [-0.1, -0.05) is 25.0 Å². The lowest BCUT2D eigenvalue weighted by atomic mass is 10.0. The molecule has 1 aliphatic carbocycles. The van der Waals surface area contributed by atoms with E-state index in [0.29, 0.717) is 13.0 Å². The van der Waals surface area contributed by atoms with Gasteiger partial charge in [-0.2, -0.15) is 0 Å². The van der Waals surface area contributed by atoms with Crippen LogP contribution in [0, 0.1) is 0 Å². The maximum Gasteiger partial charge on any atom is 0.335 e. The van der Waals surface area contributed by atoms with Crippen LogP contribution in [0.5, 0.6) is 0 Å². The zero-order chi connectivity index (χ0) is 15.3. The number of hydrogen-bond acceptors (Lipinski definition) is 2. The summed E-state index contributed by atoms with van der Waals surface area (Å²) in [5.41, 5.74) is 1.10. The van der Waals surface area contributed by atoms with Gasteiger partial charge in [-0.05, 0) is 43.9 Å². The van der Waals surface area contributed by atoms with Crippen molar-refractivity contribution in [3.63, 3.8) is 0 Å². The lowest BCUT2D eigenvalue weighted by Crippen LogP contribution is -2.48. The second-order valence-corrected chi connectivity index (χ2v) is 5.90. The van der Waals surface area contributed by atoms with Gasteiger partial charge in [0, 0.05) is 12.1 Å². The Labute approximate surface area is 124 Å². The Morgan fingerprint density at radius 3 is 2.67 bits per heavy atom. The highest BCUT2D eigenvalue weighted by atomic mass is 16.4. The monoisotopic (exact) mass is 290 g/mol. The molecule has 1 fully saturated rings. The second-order valence-electron chi connectivity index (χ2n) is 5.90. The van der Waals surface area contributed by atoms with E-state index in [2.05, 4.69) is 17.6 Å². The fourth-order valence-electron chi connectivity index (χ4n) is 2.78. The van der Waals surface area contributed by atoms with Gasteiger partial charge in [-0.15, -0.1) is 0 Å². The third-order valence-corrected chi connectivity index (χ3v) is 4.00. The molecule has 2 rings (SSSR count). The van der Waals surface area contributed by atoms with Crippen LogP contribution < -0.4 is 10.6 Å². The number of carbonyl (C=O) groups excluding carboxylic acids is 1. The number of amides is 2. The van der Waals surface area contributed by atoms with E-state index in [0.717, 1.165) is 18.4 Å². The van der Waals surface area contributed by atoms with Crippen molar-refractivity contribution in [2.75, 3.05) is 6.54 Å². The van der Waals surface area contributed by atoms with Crippen LogP contribution in [0.4, 0.5) is 4.79 Å². The highest BCUT2D eigenvalue weighted by Crippen LogP contribution is 2.28. The Hall–Kier alpha value is -2.04. The fourth-order valence-corrected chi connectivity index (χ4v) is 2.78. The molecule has 0 saturated heterocycles. The van der Waals surface area contributed by atoms with E-state index in [4.69, 9.17) is 5.11 Å². The van der Waals surface area contributed by atoms with Gasteiger partial charge in [-0.25, -0.2) is 9.59 Å². The summed E-state index contributed by atoms with van der Waals surface area (Å²) in [6.07, 6.45) is 5.00. The highest BCUT2D eigenvalue weighted by Gasteiger charge is 2.29. The predicted molar refractivity (Wildman–Crippen MR) is 80.5 cm³/mol. The molecule has 114 valence electrons. The minimum Gasteiger partial charge on any atom is -0.478 e. The van der Waals surface area contributed by atoms with Crippen molar-refractivity contribution in [2.45, 2.75) is 44.6 Å². The number of aromatic carboxylic acids is 1. The Kier molecular flexibility index (Phi) is 4.83. The van der Waals surface area contributed by atoms with Crippen molar-refractivity contribution >= 4 is 12.0 Å². The van der Waals surface area contributed by atoms with Gasteiger partial charge in [-0.3, -0.25) is 0 Å². The van der Waals surface area contributed by atoms with Gasteiger partial charge in [0.25, 0.3) is 0 Å². The molecule has 0 aliphatic heterocycles. The Morgan fingerprint density at radius 2 is 2.00 bits per heavy atom. The lowest BCUT2D eigenvalue weighted by molar-refractivity contribution is 0.0696. The average Bonchev–Trinajstić information content (AvgIpc) is 2.85. The molecular formula is C16H22N2O3. The first kappa shape index (κ1) is 15.4. The molecule has 1 aliphatic rings. The number of benzene rings is 1. The van der Waals surface area contributed by atoms with Crippen molar-refractivity contribution in [2.24, 2.45) is 0 Å². The zero-order valence-electron chi connectivity index (χ0n) is 12.3. The van der Waals surface area contributed by atoms with Crippen molar-refractivity contribution in [1.29, 1.82) is 0 Å². The van der Waals surface area contributed by atoms with Crippen LogP contribution in [-0.2, 0) is 6.42 Å². The molecule has 0 atom stereocenters. The maximum absolute atomic E-state index is 11.9. The average molecular weight is 290 g/mol. The number of hydrogen-bond donors (Lipinski definition) is 3. The summed E-state index contributed by atoms with van der Waals surface area (Å²) in [5, 5.41) is 14.8. The smallest absolute Gasteiger partial charge is 0.335 e. The van der Waals surface area contributed by atoms with Gasteiger partial charge < -0.3 is 15.7 Å². The lowest BCUT2D eigenvalue weighted by Gasteiger charge is -2.25. The van der Waals surface area contributed by atoms with Crippen molar-refractivity contribution in [3.8, 4) is 0 Å². The van der Waals surface area contributed by atoms with E-state index in [-0.39, 0.29) is 17.1 Å². The van der Waals surface area contributed by atoms with E-state index in [1.807, 2.05) is 6.07 Å². The molecular weight excluding hydrogens is 268 g/mol. The van der Waals surface area contributed by atoms with Crippen molar-refractivity contribution < 1.29 is 14.7 Å². The third-order valence-electron chi connectivity index (χ3n) is 4.00. The summed E-state index contributed by atoms with van der Waals surface area (Å²) in [4.78, 5) is 22.7. The van der Waals surface area contributed by atoms with E-state index in [1.165, 1.54) is 12.8 Å². The normalized spacial score (nSPS) is 16.4. The van der Waals surface area contributed by atoms with Crippen LogP contribution in [0.15, 0.2) is 24.3 Å². The molecule has 0 bridgehead atoms. The summed E-state index contributed by atoms with van der Waals surface area (Å²) < 4.78 is 0. The van der Waals surface area contributed by atoms with Crippen molar-refractivity contribution in [3.05, 3.63) is 35.4 Å². The first-order valence-electron chi connectivity index (χ1n) is 7.37. The zero-order valence-corrected chi connectivity index (χ0v) is 12.3. The van der Waals surface area contributed by atoms with E-state index < -0.39 is 5.97 Å². The fraction of sp³-hybridized carbons (Fsp3) is 0.500. The third kappa shape index (κ3) is 4.48. The number of urea groups is 1. The molecule has 5 nitrogen and oxygen atoms in total.